The van der Waals surface area contributed by atoms with Crippen molar-refractivity contribution in [1.82, 2.24) is 5.32 Å². The van der Waals surface area contributed by atoms with Crippen molar-refractivity contribution in [1.29, 1.82) is 0 Å². The van der Waals surface area contributed by atoms with Gasteiger partial charge < -0.3 is 9.73 Å². The van der Waals surface area contributed by atoms with Gasteiger partial charge in [0.1, 0.15) is 5.76 Å². The highest BCUT2D eigenvalue weighted by Crippen LogP contribution is 2.03. The zero-order chi connectivity index (χ0) is 11.9. The molecule has 1 aromatic heterocycles. The predicted octanol–water partition coefficient (Wildman–Crippen LogP) is 3.47. The van der Waals surface area contributed by atoms with E-state index in [9.17, 15) is 0 Å². The third-order valence-electron chi connectivity index (χ3n) is 2.56. The van der Waals surface area contributed by atoms with Crippen LogP contribution in [0.5, 0.6) is 0 Å². The zero-order valence-corrected chi connectivity index (χ0v) is 9.97. The van der Waals surface area contributed by atoms with E-state index in [1.54, 1.807) is 6.26 Å². The topological polar surface area (TPSA) is 25.2 Å². The van der Waals surface area contributed by atoms with E-state index in [4.69, 9.17) is 4.42 Å². The minimum atomic E-state index is 0.320. The second kappa shape index (κ2) is 6.06. The molecule has 0 radical (unpaired) electrons. The van der Waals surface area contributed by atoms with Crippen LogP contribution in [0, 0.1) is 0 Å². The van der Waals surface area contributed by atoms with E-state index in [0.29, 0.717) is 6.04 Å². The summed E-state index contributed by atoms with van der Waals surface area (Å²) in [6.45, 7) is 2.88. The molecule has 2 aromatic rings. The van der Waals surface area contributed by atoms with E-state index in [0.717, 1.165) is 12.3 Å². The van der Waals surface area contributed by atoms with Gasteiger partial charge in [0.25, 0.3) is 0 Å². The summed E-state index contributed by atoms with van der Waals surface area (Å²) in [4.78, 5) is 0. The first-order chi connectivity index (χ1) is 8.34. The number of hydrogen-bond acceptors (Lipinski definition) is 2. The highest BCUT2D eigenvalue weighted by molar-refractivity contribution is 5.49. The lowest BCUT2D eigenvalue weighted by Crippen LogP contribution is -2.22. The smallest absolute Gasteiger partial charge is 0.117 e. The van der Waals surface area contributed by atoms with E-state index in [-0.39, 0.29) is 0 Å². The Labute approximate surface area is 102 Å². The maximum absolute atomic E-state index is 5.26. The maximum atomic E-state index is 5.26. The van der Waals surface area contributed by atoms with Gasteiger partial charge in [-0.3, -0.25) is 0 Å². The highest BCUT2D eigenvalue weighted by Gasteiger charge is 1.98. The molecule has 1 heterocycles. The van der Waals surface area contributed by atoms with Crippen molar-refractivity contribution >= 4 is 6.08 Å². The van der Waals surface area contributed by atoms with Crippen LogP contribution in [-0.2, 0) is 6.54 Å². The van der Waals surface area contributed by atoms with Gasteiger partial charge in [-0.25, -0.2) is 0 Å². The summed E-state index contributed by atoms with van der Waals surface area (Å²) in [5.74, 6) is 0.963. The number of nitrogens with one attached hydrogen (secondary N) is 1. The van der Waals surface area contributed by atoms with Crippen LogP contribution in [0.15, 0.2) is 59.2 Å². The van der Waals surface area contributed by atoms with Gasteiger partial charge in [0.15, 0.2) is 0 Å². The normalized spacial score (nSPS) is 13.0. The largest absolute Gasteiger partial charge is 0.468 e. The molecule has 1 N–H and O–H groups in total. The van der Waals surface area contributed by atoms with Crippen LogP contribution >= 0.6 is 0 Å². The van der Waals surface area contributed by atoms with Crippen LogP contribution in [0.25, 0.3) is 6.08 Å². The summed E-state index contributed by atoms with van der Waals surface area (Å²) in [5, 5.41) is 3.37. The molecule has 2 heteroatoms. The van der Waals surface area contributed by atoms with Crippen LogP contribution in [0.2, 0.25) is 0 Å². The van der Waals surface area contributed by atoms with E-state index < -0.39 is 0 Å². The van der Waals surface area contributed by atoms with E-state index in [2.05, 4.69) is 36.5 Å². The van der Waals surface area contributed by atoms with E-state index >= 15 is 0 Å². The van der Waals surface area contributed by atoms with Gasteiger partial charge in [0, 0.05) is 6.04 Å². The molecule has 0 aliphatic heterocycles. The third kappa shape index (κ3) is 3.93. The van der Waals surface area contributed by atoms with Crippen molar-refractivity contribution in [2.24, 2.45) is 0 Å². The second-order valence-electron chi connectivity index (χ2n) is 4.02. The molecule has 1 unspecified atom stereocenters. The Bertz CT molecular complexity index is 445. The molecule has 0 aliphatic rings. The Hall–Kier alpha value is -1.80. The molecule has 2 rings (SSSR count). The first-order valence-corrected chi connectivity index (χ1v) is 5.83. The molecule has 17 heavy (non-hydrogen) atoms. The average Bonchev–Trinajstić information content (AvgIpc) is 2.88. The quantitative estimate of drug-likeness (QED) is 0.846. The summed E-state index contributed by atoms with van der Waals surface area (Å²) in [7, 11) is 0. The first kappa shape index (κ1) is 11.7. The lowest BCUT2D eigenvalue weighted by Gasteiger charge is -2.07. The molecule has 0 saturated heterocycles. The van der Waals surface area contributed by atoms with Gasteiger partial charge >= 0.3 is 0 Å². The molecule has 0 fully saturated rings. The Morgan fingerprint density at radius 1 is 1.18 bits per heavy atom. The fraction of sp³-hybridized carbons (Fsp3) is 0.200. The number of benzene rings is 1. The molecule has 1 atom stereocenters. The van der Waals surface area contributed by atoms with Crippen LogP contribution in [-0.4, -0.2) is 6.04 Å². The molecule has 88 valence electrons. The molecule has 0 saturated carbocycles. The van der Waals surface area contributed by atoms with Crippen LogP contribution in [0.3, 0.4) is 0 Å². The standard InChI is InChI=1S/C15H17NO/c1-13(16-12-15-8-5-11-17-15)9-10-14-6-3-2-4-7-14/h2-11,13,16H,12H2,1H3. The number of furan rings is 1. The summed E-state index contributed by atoms with van der Waals surface area (Å²) < 4.78 is 5.26. The predicted molar refractivity (Wildman–Crippen MR) is 70.5 cm³/mol. The van der Waals surface area contributed by atoms with Gasteiger partial charge in [0.2, 0.25) is 0 Å². The van der Waals surface area contributed by atoms with Gasteiger partial charge in [-0.05, 0) is 24.6 Å². The lowest BCUT2D eigenvalue weighted by molar-refractivity contribution is 0.474. The number of hydrogen-bond donors (Lipinski definition) is 1. The molecule has 2 nitrogen and oxygen atoms in total. The second-order valence-corrected chi connectivity index (χ2v) is 4.02. The van der Waals surface area contributed by atoms with Crippen molar-refractivity contribution in [3.8, 4) is 0 Å². The van der Waals surface area contributed by atoms with Gasteiger partial charge in [-0.2, -0.15) is 0 Å². The molecule has 0 aliphatic carbocycles. The summed E-state index contributed by atoms with van der Waals surface area (Å²) in [5.41, 5.74) is 1.22. The number of rotatable bonds is 5. The van der Waals surface area contributed by atoms with Gasteiger partial charge in [-0.15, -0.1) is 0 Å². The zero-order valence-electron chi connectivity index (χ0n) is 9.97. The molecule has 0 bridgehead atoms. The maximum Gasteiger partial charge on any atom is 0.117 e. The minimum absolute atomic E-state index is 0.320. The summed E-state index contributed by atoms with van der Waals surface area (Å²) in [6.07, 6.45) is 5.97. The van der Waals surface area contributed by atoms with Crippen molar-refractivity contribution in [3.63, 3.8) is 0 Å². The Morgan fingerprint density at radius 3 is 2.71 bits per heavy atom. The Morgan fingerprint density at radius 2 is 2.00 bits per heavy atom. The fourth-order valence-corrected chi connectivity index (χ4v) is 1.56. The Kier molecular flexibility index (Phi) is 4.17. The summed E-state index contributed by atoms with van der Waals surface area (Å²) >= 11 is 0. The van der Waals surface area contributed by atoms with Crippen LogP contribution in [0.1, 0.15) is 18.2 Å². The summed E-state index contributed by atoms with van der Waals surface area (Å²) in [6, 6.07) is 14.5. The first-order valence-electron chi connectivity index (χ1n) is 5.83. The fourth-order valence-electron chi connectivity index (χ4n) is 1.56. The minimum Gasteiger partial charge on any atom is -0.468 e. The Balaban J connectivity index is 1.81. The van der Waals surface area contributed by atoms with Gasteiger partial charge in [-0.1, -0.05) is 42.5 Å². The monoisotopic (exact) mass is 227 g/mol. The van der Waals surface area contributed by atoms with E-state index in [1.165, 1.54) is 5.56 Å². The highest BCUT2D eigenvalue weighted by atomic mass is 16.3. The van der Waals surface area contributed by atoms with Crippen molar-refractivity contribution in [2.45, 2.75) is 19.5 Å². The molecule has 1 aromatic carbocycles. The van der Waals surface area contributed by atoms with Crippen molar-refractivity contribution in [3.05, 3.63) is 66.1 Å². The average molecular weight is 227 g/mol. The molecular formula is C15H17NO. The SMILES string of the molecule is CC(C=Cc1ccccc1)NCc1ccco1. The van der Waals surface area contributed by atoms with Crippen molar-refractivity contribution < 1.29 is 4.42 Å². The van der Waals surface area contributed by atoms with Crippen molar-refractivity contribution in [2.75, 3.05) is 0 Å². The van der Waals surface area contributed by atoms with Gasteiger partial charge in [0.05, 0.1) is 12.8 Å². The molecule has 0 spiro atoms. The molecular weight excluding hydrogens is 210 g/mol. The lowest BCUT2D eigenvalue weighted by atomic mass is 10.2. The van der Waals surface area contributed by atoms with Crippen LogP contribution < -0.4 is 5.32 Å². The van der Waals surface area contributed by atoms with Crippen LogP contribution in [0.4, 0.5) is 0 Å². The third-order valence-corrected chi connectivity index (χ3v) is 2.56. The molecule has 0 amide bonds. The van der Waals surface area contributed by atoms with E-state index in [1.807, 2.05) is 30.3 Å².